The summed E-state index contributed by atoms with van der Waals surface area (Å²) in [4.78, 5) is 11.6. The minimum absolute atomic E-state index is 0.0320. The number of carbonyl (C=O) groups is 1. The zero-order valence-electron chi connectivity index (χ0n) is 9.91. The fraction of sp³-hybridized carbons (Fsp3) is 0.800. The Hall–Kier alpha value is -1.46. The van der Waals surface area contributed by atoms with E-state index in [1.165, 1.54) is 0 Å². The highest BCUT2D eigenvalue weighted by Gasteiger charge is 2.43. The molecule has 0 atom stereocenters. The van der Waals surface area contributed by atoms with E-state index in [0.717, 1.165) is 6.42 Å². The van der Waals surface area contributed by atoms with Crippen LogP contribution >= 0.6 is 0 Å². The number of alkyl carbamates (subject to hydrolysis) is 1. The second-order valence-electron chi connectivity index (χ2n) is 5.05. The van der Waals surface area contributed by atoms with Crippen molar-refractivity contribution in [1.29, 1.82) is 0 Å². The van der Waals surface area contributed by atoms with E-state index in [1.807, 2.05) is 0 Å². The maximum atomic E-state index is 11.6. The van der Waals surface area contributed by atoms with Crippen LogP contribution in [-0.2, 0) is 4.74 Å². The van der Waals surface area contributed by atoms with Gasteiger partial charge in [0.2, 0.25) is 0 Å². The van der Waals surface area contributed by atoms with Gasteiger partial charge in [-0.3, -0.25) is 0 Å². The van der Waals surface area contributed by atoms with E-state index in [-0.39, 0.29) is 5.84 Å². The molecule has 0 aliphatic heterocycles. The lowest BCUT2D eigenvalue weighted by Gasteiger charge is -2.41. The van der Waals surface area contributed by atoms with Crippen LogP contribution in [0.15, 0.2) is 5.16 Å². The van der Waals surface area contributed by atoms with E-state index >= 15 is 0 Å². The van der Waals surface area contributed by atoms with Gasteiger partial charge in [-0.25, -0.2) is 4.79 Å². The van der Waals surface area contributed by atoms with Gasteiger partial charge in [-0.1, -0.05) is 5.16 Å². The number of nitrogens with one attached hydrogen (secondary N) is 1. The maximum Gasteiger partial charge on any atom is 0.408 e. The van der Waals surface area contributed by atoms with Crippen molar-refractivity contribution in [3.8, 4) is 0 Å². The van der Waals surface area contributed by atoms with Crippen LogP contribution in [0.1, 0.15) is 40.0 Å². The number of hydrogen-bond acceptors (Lipinski definition) is 4. The van der Waals surface area contributed by atoms with Gasteiger partial charge in [0.25, 0.3) is 0 Å². The van der Waals surface area contributed by atoms with Crippen molar-refractivity contribution >= 4 is 11.9 Å². The van der Waals surface area contributed by atoms with Crippen molar-refractivity contribution in [3.63, 3.8) is 0 Å². The van der Waals surface area contributed by atoms with E-state index in [9.17, 15) is 4.79 Å². The minimum atomic E-state index is -0.725. The third kappa shape index (κ3) is 2.77. The molecule has 6 nitrogen and oxygen atoms in total. The third-order valence-electron chi connectivity index (χ3n) is 2.55. The normalized spacial score (nSPS) is 19.8. The first-order valence-corrected chi connectivity index (χ1v) is 5.28. The molecule has 0 spiro atoms. The molecular weight excluding hydrogens is 210 g/mol. The highest BCUT2D eigenvalue weighted by molar-refractivity contribution is 5.93. The Morgan fingerprint density at radius 2 is 2.06 bits per heavy atom. The third-order valence-corrected chi connectivity index (χ3v) is 2.55. The molecule has 1 saturated carbocycles. The number of amides is 1. The van der Waals surface area contributed by atoms with Gasteiger partial charge in [0.15, 0.2) is 5.84 Å². The van der Waals surface area contributed by atoms with E-state index in [1.54, 1.807) is 20.8 Å². The average Bonchev–Trinajstić information content (AvgIpc) is 2.07. The molecule has 1 rings (SSSR count). The lowest BCUT2D eigenvalue weighted by atomic mass is 9.76. The van der Waals surface area contributed by atoms with Gasteiger partial charge in [-0.15, -0.1) is 0 Å². The zero-order valence-corrected chi connectivity index (χ0v) is 9.91. The van der Waals surface area contributed by atoms with Crippen molar-refractivity contribution < 1.29 is 14.7 Å². The van der Waals surface area contributed by atoms with E-state index in [4.69, 9.17) is 15.7 Å². The number of rotatable bonds is 2. The monoisotopic (exact) mass is 229 g/mol. The summed E-state index contributed by atoms with van der Waals surface area (Å²) in [6, 6.07) is 0. The molecule has 1 fully saturated rings. The molecule has 0 heterocycles. The highest BCUT2D eigenvalue weighted by atomic mass is 16.6. The first-order chi connectivity index (χ1) is 7.29. The molecule has 16 heavy (non-hydrogen) atoms. The van der Waals surface area contributed by atoms with Gasteiger partial charge in [0.05, 0.1) is 0 Å². The van der Waals surface area contributed by atoms with E-state index < -0.39 is 17.2 Å². The summed E-state index contributed by atoms with van der Waals surface area (Å²) in [5, 5.41) is 14.3. The number of carbonyl (C=O) groups excluding carboxylic acids is 1. The van der Waals surface area contributed by atoms with Gasteiger partial charge in [-0.2, -0.15) is 0 Å². The van der Waals surface area contributed by atoms with Crippen LogP contribution < -0.4 is 11.1 Å². The number of oxime groups is 1. The highest BCUT2D eigenvalue weighted by Crippen LogP contribution is 2.32. The van der Waals surface area contributed by atoms with Crippen LogP contribution in [0, 0.1) is 0 Å². The fourth-order valence-corrected chi connectivity index (χ4v) is 1.57. The minimum Gasteiger partial charge on any atom is -0.444 e. The quantitative estimate of drug-likeness (QED) is 0.286. The molecule has 0 aromatic carbocycles. The van der Waals surface area contributed by atoms with Crippen LogP contribution in [0.3, 0.4) is 0 Å². The van der Waals surface area contributed by atoms with Crippen LogP contribution in [0.25, 0.3) is 0 Å². The lowest BCUT2D eigenvalue weighted by molar-refractivity contribution is 0.0443. The van der Waals surface area contributed by atoms with Crippen LogP contribution in [0.4, 0.5) is 4.79 Å². The first kappa shape index (κ1) is 12.6. The number of ether oxygens (including phenoxy) is 1. The molecule has 92 valence electrons. The van der Waals surface area contributed by atoms with Crippen molar-refractivity contribution in [1.82, 2.24) is 5.32 Å². The Balaban J connectivity index is 2.61. The van der Waals surface area contributed by atoms with Gasteiger partial charge >= 0.3 is 6.09 Å². The molecule has 0 aromatic rings. The molecule has 0 aromatic heterocycles. The Labute approximate surface area is 94.8 Å². The van der Waals surface area contributed by atoms with Gasteiger partial charge in [0.1, 0.15) is 11.1 Å². The number of nitrogens with zero attached hydrogens (tertiary/aromatic N) is 1. The topological polar surface area (TPSA) is 96.9 Å². The molecule has 1 amide bonds. The summed E-state index contributed by atoms with van der Waals surface area (Å²) < 4.78 is 5.12. The number of nitrogens with two attached hydrogens (primary N) is 1. The summed E-state index contributed by atoms with van der Waals surface area (Å²) in [6.45, 7) is 5.34. The Morgan fingerprint density at radius 1 is 1.50 bits per heavy atom. The summed E-state index contributed by atoms with van der Waals surface area (Å²) >= 11 is 0. The predicted octanol–water partition coefficient (Wildman–Crippen LogP) is 1.18. The average molecular weight is 229 g/mol. The zero-order chi connectivity index (χ0) is 12.4. The molecular formula is C10H19N3O3. The Kier molecular flexibility index (Phi) is 3.30. The smallest absolute Gasteiger partial charge is 0.408 e. The van der Waals surface area contributed by atoms with Crippen molar-refractivity contribution in [3.05, 3.63) is 0 Å². The van der Waals surface area contributed by atoms with Crippen molar-refractivity contribution in [2.24, 2.45) is 10.9 Å². The Bertz CT molecular complexity index is 303. The summed E-state index contributed by atoms with van der Waals surface area (Å²) in [5.41, 5.74) is 4.27. The lowest BCUT2D eigenvalue weighted by Crippen LogP contribution is -2.62. The molecule has 0 saturated heterocycles. The molecule has 1 aliphatic rings. The molecule has 4 N–H and O–H groups in total. The molecule has 0 bridgehead atoms. The van der Waals surface area contributed by atoms with Crippen molar-refractivity contribution in [2.75, 3.05) is 0 Å². The summed E-state index contributed by atoms with van der Waals surface area (Å²) in [6.07, 6.45) is 1.73. The second-order valence-corrected chi connectivity index (χ2v) is 5.05. The largest absolute Gasteiger partial charge is 0.444 e. The fourth-order valence-electron chi connectivity index (χ4n) is 1.57. The van der Waals surface area contributed by atoms with Gasteiger partial charge in [-0.05, 0) is 40.0 Å². The second kappa shape index (κ2) is 4.19. The number of hydrogen-bond donors (Lipinski definition) is 3. The van der Waals surface area contributed by atoms with E-state index in [0.29, 0.717) is 12.8 Å². The SMILES string of the molecule is CC(C)(C)OC(=O)NC1(/C(N)=N\O)CCC1. The summed E-state index contributed by atoms with van der Waals surface area (Å²) in [5.74, 6) is 0.0320. The first-order valence-electron chi connectivity index (χ1n) is 5.28. The molecule has 1 aliphatic carbocycles. The molecule has 0 unspecified atom stereocenters. The van der Waals surface area contributed by atoms with Crippen LogP contribution in [0.2, 0.25) is 0 Å². The predicted molar refractivity (Wildman–Crippen MR) is 59.4 cm³/mol. The Morgan fingerprint density at radius 3 is 2.38 bits per heavy atom. The molecule has 0 radical (unpaired) electrons. The van der Waals surface area contributed by atoms with Gasteiger partial charge < -0.3 is 21.0 Å². The summed E-state index contributed by atoms with van der Waals surface area (Å²) in [7, 11) is 0. The standard InChI is InChI=1S/C10H19N3O3/c1-9(2,3)16-8(14)12-10(5-4-6-10)7(11)13-15/h15H,4-6H2,1-3H3,(H2,11,13)(H,12,14). The van der Waals surface area contributed by atoms with Crippen LogP contribution in [-0.4, -0.2) is 28.3 Å². The van der Waals surface area contributed by atoms with Crippen LogP contribution in [0.5, 0.6) is 0 Å². The number of amidine groups is 1. The molecule has 6 heteroatoms. The van der Waals surface area contributed by atoms with Crippen molar-refractivity contribution in [2.45, 2.75) is 51.2 Å². The maximum absolute atomic E-state index is 11.6. The van der Waals surface area contributed by atoms with Gasteiger partial charge in [0, 0.05) is 0 Å². The van der Waals surface area contributed by atoms with E-state index in [2.05, 4.69) is 10.5 Å².